The number of likely N-dealkylation sites (tertiary alicyclic amines) is 1. The lowest BCUT2D eigenvalue weighted by Gasteiger charge is -2.29. The molecule has 0 spiro atoms. The fourth-order valence-electron chi connectivity index (χ4n) is 4.82. The molecule has 1 aliphatic heterocycles. The highest BCUT2D eigenvalue weighted by atomic mass is 19.3. The summed E-state index contributed by atoms with van der Waals surface area (Å²) >= 11 is 0. The van der Waals surface area contributed by atoms with E-state index >= 15 is 0 Å². The zero-order valence-corrected chi connectivity index (χ0v) is 21.5. The lowest BCUT2D eigenvalue weighted by molar-refractivity contribution is -0.00311. The molecule has 2 amide bonds. The van der Waals surface area contributed by atoms with Gasteiger partial charge in [0.15, 0.2) is 0 Å². The molecule has 0 radical (unpaired) electrons. The molecule has 4 rings (SSSR count). The van der Waals surface area contributed by atoms with Crippen molar-refractivity contribution in [3.63, 3.8) is 0 Å². The lowest BCUT2D eigenvalue weighted by atomic mass is 9.91. The van der Waals surface area contributed by atoms with Gasteiger partial charge in [0.25, 0.3) is 6.43 Å². The number of hydrogen-bond donors (Lipinski definition) is 2. The van der Waals surface area contributed by atoms with Gasteiger partial charge in [0.2, 0.25) is 0 Å². The second kappa shape index (κ2) is 11.0. The number of aromatic nitrogens is 1. The Morgan fingerprint density at radius 1 is 1.16 bits per heavy atom. The van der Waals surface area contributed by atoms with Crippen LogP contribution in [0.15, 0.2) is 48.7 Å². The maximum absolute atomic E-state index is 14.8. The summed E-state index contributed by atoms with van der Waals surface area (Å²) in [6, 6.07) is 10.9. The molecule has 0 unspecified atom stereocenters. The molecule has 0 bridgehead atoms. The van der Waals surface area contributed by atoms with Gasteiger partial charge in [0, 0.05) is 49.5 Å². The molecule has 1 saturated heterocycles. The topological polar surface area (TPSA) is 66.5 Å². The van der Waals surface area contributed by atoms with Crippen LogP contribution in [0.4, 0.5) is 23.7 Å². The van der Waals surface area contributed by atoms with Crippen molar-refractivity contribution >= 4 is 22.6 Å². The van der Waals surface area contributed by atoms with Gasteiger partial charge in [-0.2, -0.15) is 0 Å². The van der Waals surface area contributed by atoms with Crippen LogP contribution < -0.4 is 10.6 Å². The number of pyridine rings is 1. The minimum atomic E-state index is -2.89. The minimum absolute atomic E-state index is 0.112. The Balaban J connectivity index is 1.62. The zero-order valence-electron chi connectivity index (χ0n) is 21.5. The number of alkyl halides is 2. The number of halogens is 3. The van der Waals surface area contributed by atoms with Crippen molar-refractivity contribution in [1.82, 2.24) is 15.2 Å². The number of amides is 2. The van der Waals surface area contributed by atoms with Crippen molar-refractivity contribution in [3.8, 4) is 0 Å². The van der Waals surface area contributed by atoms with Gasteiger partial charge >= 0.3 is 6.03 Å². The summed E-state index contributed by atoms with van der Waals surface area (Å²) in [5.41, 5.74) is 1.18. The molecule has 2 heterocycles. The molecule has 1 fully saturated rings. The molecule has 2 atom stereocenters. The van der Waals surface area contributed by atoms with Crippen molar-refractivity contribution in [3.05, 3.63) is 71.2 Å². The Kier molecular flexibility index (Phi) is 7.92. The molecule has 6 nitrogen and oxygen atoms in total. The molecular weight excluding hydrogens is 481 g/mol. The average Bonchev–Trinajstić information content (AvgIpc) is 3.33. The SMILES string of the molecule is CO[C@]1(c2ccc3nccc(N[C@H](C)c4cccc(C(F)F)c4F)c3c2)CCN(C(=O)NCC(C)C)C1. The number of ether oxygens (including phenoxy) is 1. The fourth-order valence-corrected chi connectivity index (χ4v) is 4.82. The van der Waals surface area contributed by atoms with Crippen LogP contribution >= 0.6 is 0 Å². The van der Waals surface area contributed by atoms with Gasteiger partial charge in [0.05, 0.1) is 23.7 Å². The second-order valence-corrected chi connectivity index (χ2v) is 9.96. The molecule has 2 aromatic carbocycles. The summed E-state index contributed by atoms with van der Waals surface area (Å²) in [4.78, 5) is 18.9. The molecule has 1 aliphatic rings. The predicted octanol–water partition coefficient (Wildman–Crippen LogP) is 6.40. The Morgan fingerprint density at radius 2 is 1.92 bits per heavy atom. The average molecular weight is 515 g/mol. The van der Waals surface area contributed by atoms with Crippen LogP contribution in [0.25, 0.3) is 10.9 Å². The summed E-state index contributed by atoms with van der Waals surface area (Å²) in [5.74, 6) is -0.553. The van der Waals surface area contributed by atoms with E-state index in [2.05, 4.69) is 15.6 Å². The van der Waals surface area contributed by atoms with Crippen LogP contribution in [0.5, 0.6) is 0 Å². The van der Waals surface area contributed by atoms with Crippen molar-refractivity contribution in [2.45, 2.75) is 45.3 Å². The highest BCUT2D eigenvalue weighted by Crippen LogP contribution is 2.38. The number of rotatable bonds is 8. The van der Waals surface area contributed by atoms with E-state index in [-0.39, 0.29) is 11.6 Å². The Bertz CT molecular complexity index is 1270. The van der Waals surface area contributed by atoms with Crippen LogP contribution in [-0.4, -0.2) is 42.7 Å². The van der Waals surface area contributed by atoms with Gasteiger partial charge in [-0.3, -0.25) is 4.98 Å². The van der Waals surface area contributed by atoms with Crippen molar-refractivity contribution in [2.24, 2.45) is 5.92 Å². The number of hydrogen-bond acceptors (Lipinski definition) is 4. The first-order chi connectivity index (χ1) is 17.6. The molecule has 1 aromatic heterocycles. The van der Waals surface area contributed by atoms with Crippen LogP contribution in [0.3, 0.4) is 0 Å². The van der Waals surface area contributed by atoms with Gasteiger partial charge in [-0.05, 0) is 36.6 Å². The number of fused-ring (bicyclic) bond motifs is 1. The normalized spacial score (nSPS) is 18.6. The van der Waals surface area contributed by atoms with Crippen LogP contribution in [0.1, 0.15) is 56.3 Å². The number of carbonyl (C=O) groups is 1. The first-order valence-electron chi connectivity index (χ1n) is 12.5. The van der Waals surface area contributed by atoms with Gasteiger partial charge in [-0.25, -0.2) is 18.0 Å². The number of urea groups is 1. The lowest BCUT2D eigenvalue weighted by Crippen LogP contribution is -2.42. The van der Waals surface area contributed by atoms with E-state index in [0.717, 1.165) is 22.5 Å². The molecule has 198 valence electrons. The van der Waals surface area contributed by atoms with E-state index in [1.807, 2.05) is 32.0 Å². The summed E-state index contributed by atoms with van der Waals surface area (Å²) in [6.45, 7) is 7.39. The van der Waals surface area contributed by atoms with Crippen molar-refractivity contribution < 1.29 is 22.7 Å². The number of methoxy groups -OCH3 is 1. The van der Waals surface area contributed by atoms with E-state index < -0.39 is 29.4 Å². The second-order valence-electron chi connectivity index (χ2n) is 9.96. The van der Waals surface area contributed by atoms with Crippen LogP contribution in [0.2, 0.25) is 0 Å². The van der Waals surface area contributed by atoms with Crippen LogP contribution in [0, 0.1) is 11.7 Å². The van der Waals surface area contributed by atoms with E-state index in [9.17, 15) is 18.0 Å². The predicted molar refractivity (Wildman–Crippen MR) is 138 cm³/mol. The Morgan fingerprint density at radius 3 is 2.62 bits per heavy atom. The van der Waals surface area contributed by atoms with Gasteiger partial charge in [-0.1, -0.05) is 38.1 Å². The van der Waals surface area contributed by atoms with Gasteiger partial charge < -0.3 is 20.3 Å². The number of nitrogens with one attached hydrogen (secondary N) is 2. The Labute approximate surface area is 215 Å². The summed E-state index contributed by atoms with van der Waals surface area (Å²) in [6.07, 6.45) is -0.610. The number of benzene rings is 2. The van der Waals surface area contributed by atoms with E-state index in [1.54, 1.807) is 31.2 Å². The van der Waals surface area contributed by atoms with Crippen molar-refractivity contribution in [1.29, 1.82) is 0 Å². The third-order valence-corrected chi connectivity index (χ3v) is 6.97. The molecule has 3 aromatic rings. The van der Waals surface area contributed by atoms with Gasteiger partial charge in [-0.15, -0.1) is 0 Å². The zero-order chi connectivity index (χ0) is 26.7. The van der Waals surface area contributed by atoms with Gasteiger partial charge in [0.1, 0.15) is 11.4 Å². The molecule has 0 aliphatic carbocycles. The quantitative estimate of drug-likeness (QED) is 0.365. The first-order valence-corrected chi connectivity index (χ1v) is 12.5. The number of carbonyl (C=O) groups excluding carboxylic acids is 1. The highest BCUT2D eigenvalue weighted by Gasteiger charge is 2.42. The number of nitrogens with zero attached hydrogens (tertiary/aromatic N) is 2. The Hall–Kier alpha value is -3.33. The van der Waals surface area contributed by atoms with Crippen LogP contribution in [-0.2, 0) is 10.3 Å². The third kappa shape index (κ3) is 5.51. The monoisotopic (exact) mass is 514 g/mol. The largest absolute Gasteiger partial charge is 0.378 e. The fraction of sp³-hybridized carbons (Fsp3) is 0.429. The summed E-state index contributed by atoms with van der Waals surface area (Å²) in [5, 5.41) is 7.02. The maximum atomic E-state index is 14.8. The summed E-state index contributed by atoms with van der Waals surface area (Å²) in [7, 11) is 1.64. The van der Waals surface area contributed by atoms with E-state index in [4.69, 9.17) is 4.74 Å². The molecule has 2 N–H and O–H groups in total. The molecule has 9 heteroatoms. The van der Waals surface area contributed by atoms with Crippen molar-refractivity contribution in [2.75, 3.05) is 32.1 Å². The molecule has 37 heavy (non-hydrogen) atoms. The maximum Gasteiger partial charge on any atom is 0.317 e. The third-order valence-electron chi connectivity index (χ3n) is 6.97. The number of anilines is 1. The minimum Gasteiger partial charge on any atom is -0.378 e. The summed E-state index contributed by atoms with van der Waals surface area (Å²) < 4.78 is 47.2. The van der Waals surface area contributed by atoms with E-state index in [0.29, 0.717) is 37.7 Å². The van der Waals surface area contributed by atoms with E-state index in [1.165, 1.54) is 12.1 Å². The smallest absolute Gasteiger partial charge is 0.317 e. The highest BCUT2D eigenvalue weighted by molar-refractivity contribution is 5.92. The molecule has 0 saturated carbocycles. The molecular formula is C28H33F3N4O2. The first kappa shape index (κ1) is 26.7. The standard InChI is InChI=1S/C28H33F3N4O2/c1-17(2)15-33-27(36)35-13-11-28(16-35,37-4)19-8-9-23-22(14-19)24(10-12-32-23)34-18(3)20-6-5-7-21(25(20)29)26(30)31/h5-10,12,14,17-18,26H,11,13,15-16H2,1-4H3,(H,32,34)(H,33,36)/t18-,28-/m1/s1.